The van der Waals surface area contributed by atoms with Gasteiger partial charge in [-0.15, -0.1) is 11.3 Å². The van der Waals surface area contributed by atoms with Gasteiger partial charge in [-0.3, -0.25) is 4.79 Å². The summed E-state index contributed by atoms with van der Waals surface area (Å²) in [7, 11) is 0. The Kier molecular flexibility index (Phi) is 3.24. The van der Waals surface area contributed by atoms with Crippen LogP contribution in [-0.4, -0.2) is 20.4 Å². The first kappa shape index (κ1) is 11.9. The van der Waals surface area contributed by atoms with Crippen molar-refractivity contribution < 1.29 is 4.79 Å². The molecule has 1 N–H and O–H groups in total. The molecule has 0 saturated carbocycles. The zero-order valence-electron chi connectivity index (χ0n) is 10.1. The Labute approximate surface area is 113 Å². The topological polar surface area (TPSA) is 59.8 Å². The van der Waals surface area contributed by atoms with E-state index in [1.54, 1.807) is 12.5 Å². The van der Waals surface area contributed by atoms with E-state index in [0.29, 0.717) is 6.54 Å². The minimum absolute atomic E-state index is 0.0432. The number of fused-ring (bicyclic) bond motifs is 1. The molecule has 0 aliphatic heterocycles. The lowest BCUT2D eigenvalue weighted by molar-refractivity contribution is -0.121. The Morgan fingerprint density at radius 3 is 3.05 bits per heavy atom. The molecule has 1 amide bonds. The number of amides is 1. The van der Waals surface area contributed by atoms with Crippen molar-refractivity contribution in [3.05, 3.63) is 47.2 Å². The monoisotopic (exact) mass is 272 g/mol. The molecule has 0 saturated heterocycles. The summed E-state index contributed by atoms with van der Waals surface area (Å²) in [5.74, 6) is -0.0432. The Hall–Kier alpha value is -2.21. The number of carbonyl (C=O) groups is 1. The van der Waals surface area contributed by atoms with E-state index in [2.05, 4.69) is 15.3 Å². The highest BCUT2D eigenvalue weighted by Gasteiger charge is 2.07. The molecule has 2 aromatic heterocycles. The van der Waals surface area contributed by atoms with E-state index in [1.807, 2.05) is 34.2 Å². The third-order valence-corrected chi connectivity index (χ3v) is 3.54. The van der Waals surface area contributed by atoms with Crippen LogP contribution >= 0.6 is 11.3 Å². The molecule has 0 radical (unpaired) electrons. The smallest absolute Gasteiger partial charge is 0.240 e. The summed E-state index contributed by atoms with van der Waals surface area (Å²) >= 11 is 1.53. The highest BCUT2D eigenvalue weighted by molar-refractivity contribution is 7.09. The van der Waals surface area contributed by atoms with E-state index in [9.17, 15) is 4.79 Å². The highest BCUT2D eigenvalue weighted by Crippen LogP contribution is 2.11. The fourth-order valence-electron chi connectivity index (χ4n) is 1.86. The van der Waals surface area contributed by atoms with Crippen LogP contribution in [-0.2, 0) is 17.9 Å². The molecule has 0 atom stereocenters. The maximum Gasteiger partial charge on any atom is 0.240 e. The second kappa shape index (κ2) is 5.19. The van der Waals surface area contributed by atoms with Crippen LogP contribution in [0.1, 0.15) is 5.01 Å². The Bertz CT molecular complexity index is 690. The summed E-state index contributed by atoms with van der Waals surface area (Å²) in [6, 6.07) is 7.76. The number of nitrogens with one attached hydrogen (secondary N) is 1. The van der Waals surface area contributed by atoms with Crippen LogP contribution in [0.15, 0.2) is 42.2 Å². The van der Waals surface area contributed by atoms with Gasteiger partial charge < -0.3 is 9.88 Å². The van der Waals surface area contributed by atoms with Crippen LogP contribution in [0.4, 0.5) is 0 Å². The fourth-order valence-corrected chi connectivity index (χ4v) is 2.42. The van der Waals surface area contributed by atoms with E-state index in [0.717, 1.165) is 16.0 Å². The van der Waals surface area contributed by atoms with Crippen LogP contribution in [0, 0.1) is 0 Å². The highest BCUT2D eigenvalue weighted by atomic mass is 32.1. The van der Waals surface area contributed by atoms with Gasteiger partial charge in [0.15, 0.2) is 0 Å². The zero-order chi connectivity index (χ0) is 13.1. The number of hydrogen-bond donors (Lipinski definition) is 1. The second-order valence-electron chi connectivity index (χ2n) is 4.06. The third kappa shape index (κ3) is 2.63. The molecule has 0 aliphatic carbocycles. The van der Waals surface area contributed by atoms with Gasteiger partial charge in [-0.25, -0.2) is 9.97 Å². The average molecular weight is 272 g/mol. The van der Waals surface area contributed by atoms with Crippen LogP contribution in [0.5, 0.6) is 0 Å². The van der Waals surface area contributed by atoms with Gasteiger partial charge in [0, 0.05) is 11.6 Å². The predicted octanol–water partition coefficient (Wildman–Crippen LogP) is 1.81. The molecule has 0 fully saturated rings. The summed E-state index contributed by atoms with van der Waals surface area (Å²) in [5.41, 5.74) is 1.86. The molecule has 1 aromatic carbocycles. The summed E-state index contributed by atoms with van der Waals surface area (Å²) in [4.78, 5) is 20.2. The van der Waals surface area contributed by atoms with Crippen molar-refractivity contribution in [2.75, 3.05) is 0 Å². The van der Waals surface area contributed by atoms with E-state index < -0.39 is 0 Å². The summed E-state index contributed by atoms with van der Waals surface area (Å²) in [6.07, 6.45) is 3.42. The van der Waals surface area contributed by atoms with E-state index in [4.69, 9.17) is 0 Å². The quantitative estimate of drug-likeness (QED) is 0.788. The van der Waals surface area contributed by atoms with E-state index in [-0.39, 0.29) is 12.5 Å². The molecular weight excluding hydrogens is 260 g/mol. The van der Waals surface area contributed by atoms with Crippen molar-refractivity contribution in [2.24, 2.45) is 0 Å². The third-order valence-electron chi connectivity index (χ3n) is 2.76. The molecule has 2 heterocycles. The zero-order valence-corrected chi connectivity index (χ0v) is 10.9. The Morgan fingerprint density at radius 2 is 2.21 bits per heavy atom. The SMILES string of the molecule is O=C(Cn1cnc2ccccc21)NCc1nccs1. The van der Waals surface area contributed by atoms with Gasteiger partial charge in [-0.1, -0.05) is 12.1 Å². The Morgan fingerprint density at radius 1 is 1.32 bits per heavy atom. The molecule has 6 heteroatoms. The summed E-state index contributed by atoms with van der Waals surface area (Å²) in [5, 5.41) is 5.65. The number of hydrogen-bond acceptors (Lipinski definition) is 4. The molecule has 3 aromatic rings. The van der Waals surface area contributed by atoms with Gasteiger partial charge in [-0.2, -0.15) is 0 Å². The maximum absolute atomic E-state index is 11.9. The van der Waals surface area contributed by atoms with Gasteiger partial charge in [0.2, 0.25) is 5.91 Å². The van der Waals surface area contributed by atoms with Crippen LogP contribution in [0.3, 0.4) is 0 Å². The number of benzene rings is 1. The molecular formula is C13H12N4OS. The number of aromatic nitrogens is 3. The van der Waals surface area contributed by atoms with Gasteiger partial charge in [-0.05, 0) is 12.1 Å². The normalized spacial score (nSPS) is 10.7. The first-order chi connectivity index (χ1) is 9.33. The minimum Gasteiger partial charge on any atom is -0.348 e. The van der Waals surface area contributed by atoms with Crippen LogP contribution in [0.2, 0.25) is 0 Å². The van der Waals surface area contributed by atoms with Crippen LogP contribution < -0.4 is 5.32 Å². The number of imidazole rings is 1. The first-order valence-electron chi connectivity index (χ1n) is 5.88. The van der Waals surface area contributed by atoms with Crippen molar-refractivity contribution in [1.29, 1.82) is 0 Å². The van der Waals surface area contributed by atoms with Gasteiger partial charge in [0.1, 0.15) is 11.6 Å². The molecule has 0 aliphatic rings. The molecule has 96 valence electrons. The first-order valence-corrected chi connectivity index (χ1v) is 6.76. The van der Waals surface area contributed by atoms with Gasteiger partial charge in [0.25, 0.3) is 0 Å². The molecule has 19 heavy (non-hydrogen) atoms. The number of rotatable bonds is 4. The number of thiazole rings is 1. The lowest BCUT2D eigenvalue weighted by Gasteiger charge is -2.05. The lowest BCUT2D eigenvalue weighted by atomic mass is 10.3. The van der Waals surface area contributed by atoms with Crippen molar-refractivity contribution in [3.63, 3.8) is 0 Å². The largest absolute Gasteiger partial charge is 0.348 e. The number of carbonyl (C=O) groups excluding carboxylic acids is 1. The molecule has 0 unspecified atom stereocenters. The van der Waals surface area contributed by atoms with Crippen LogP contribution in [0.25, 0.3) is 11.0 Å². The van der Waals surface area contributed by atoms with Crippen molar-refractivity contribution in [2.45, 2.75) is 13.1 Å². The minimum atomic E-state index is -0.0432. The Balaban J connectivity index is 1.66. The molecule has 0 bridgehead atoms. The molecule has 3 rings (SSSR count). The number of para-hydroxylation sites is 2. The second-order valence-corrected chi connectivity index (χ2v) is 5.04. The van der Waals surface area contributed by atoms with E-state index >= 15 is 0 Å². The fraction of sp³-hybridized carbons (Fsp3) is 0.154. The van der Waals surface area contributed by atoms with Gasteiger partial charge >= 0.3 is 0 Å². The van der Waals surface area contributed by atoms with Crippen molar-refractivity contribution >= 4 is 28.3 Å². The maximum atomic E-state index is 11.9. The average Bonchev–Trinajstić information content (AvgIpc) is 3.07. The van der Waals surface area contributed by atoms with Crippen molar-refractivity contribution in [1.82, 2.24) is 19.9 Å². The van der Waals surface area contributed by atoms with E-state index in [1.165, 1.54) is 11.3 Å². The summed E-state index contributed by atoms with van der Waals surface area (Å²) < 4.78 is 1.84. The van der Waals surface area contributed by atoms with Gasteiger partial charge in [0.05, 0.1) is 23.9 Å². The molecule has 5 nitrogen and oxygen atoms in total. The summed E-state index contributed by atoms with van der Waals surface area (Å²) in [6.45, 7) is 0.745. The van der Waals surface area contributed by atoms with Crippen molar-refractivity contribution in [3.8, 4) is 0 Å². The number of nitrogens with zero attached hydrogens (tertiary/aromatic N) is 3. The predicted molar refractivity (Wildman–Crippen MR) is 73.7 cm³/mol. The standard InChI is InChI=1S/C13H12N4OS/c18-12(15-7-13-14-5-6-19-13)8-17-9-16-10-3-1-2-4-11(10)17/h1-6,9H,7-8H2,(H,15,18). The lowest BCUT2D eigenvalue weighted by Crippen LogP contribution is -2.26. The molecule has 0 spiro atoms.